The molecular formula is C30H35F4N5O3. The highest BCUT2D eigenvalue weighted by Crippen LogP contribution is 2.70. The van der Waals surface area contributed by atoms with Gasteiger partial charge in [-0.25, -0.2) is 27.5 Å². The fraction of sp³-hybridized carbons (Fsp3) is 0.733. The number of H-pyrrole nitrogens is 1. The van der Waals surface area contributed by atoms with Gasteiger partial charge >= 0.3 is 0 Å². The van der Waals surface area contributed by atoms with Gasteiger partial charge in [-0.05, 0) is 94.1 Å². The average molecular weight is 590 g/mol. The Kier molecular flexibility index (Phi) is 5.54. The molecule has 2 aromatic heterocycles. The van der Waals surface area contributed by atoms with E-state index in [9.17, 15) is 32.3 Å². The van der Waals surface area contributed by atoms with Crippen LogP contribution in [0.2, 0.25) is 0 Å². The third-order valence-corrected chi connectivity index (χ3v) is 10.9. The quantitative estimate of drug-likeness (QED) is 0.370. The Morgan fingerprint density at radius 2 is 1.69 bits per heavy atom. The number of hydrogen-bond acceptors (Lipinski definition) is 5. The van der Waals surface area contributed by atoms with Crippen LogP contribution >= 0.6 is 0 Å². The first-order valence-corrected chi connectivity index (χ1v) is 15.3. The molecule has 0 spiro atoms. The molecule has 0 radical (unpaired) electrons. The minimum Gasteiger partial charge on any atom is -0.384 e. The van der Waals surface area contributed by atoms with Gasteiger partial charge in [-0.15, -0.1) is 0 Å². The smallest absolute Gasteiger partial charge is 0.266 e. The second-order valence-electron chi connectivity index (χ2n) is 14.2. The van der Waals surface area contributed by atoms with Crippen molar-refractivity contribution in [3.8, 4) is 0 Å². The van der Waals surface area contributed by atoms with Gasteiger partial charge in [0.2, 0.25) is 5.91 Å². The van der Waals surface area contributed by atoms with Gasteiger partial charge in [0.25, 0.3) is 12.3 Å². The van der Waals surface area contributed by atoms with Crippen LogP contribution in [0.3, 0.4) is 0 Å². The summed E-state index contributed by atoms with van der Waals surface area (Å²) in [6.45, 7) is -0.0829. The molecule has 42 heavy (non-hydrogen) atoms. The van der Waals surface area contributed by atoms with E-state index in [1.54, 1.807) is 12.1 Å². The molecule has 7 fully saturated rings. The molecule has 6 saturated carbocycles. The molecule has 8 nitrogen and oxygen atoms in total. The zero-order chi connectivity index (χ0) is 29.2. The van der Waals surface area contributed by atoms with E-state index < -0.39 is 53.2 Å². The fourth-order valence-corrected chi connectivity index (χ4v) is 8.02. The number of hydrogen-bond donors (Lipinski definition) is 3. The summed E-state index contributed by atoms with van der Waals surface area (Å²) < 4.78 is 56.9. The van der Waals surface area contributed by atoms with E-state index in [0.717, 1.165) is 25.7 Å². The first-order chi connectivity index (χ1) is 19.9. The zero-order valence-electron chi connectivity index (χ0n) is 23.2. The number of alkyl halides is 4. The van der Waals surface area contributed by atoms with Gasteiger partial charge in [0.05, 0.1) is 28.7 Å². The number of aromatic nitrogens is 3. The lowest BCUT2D eigenvalue weighted by molar-refractivity contribution is -0.228. The molecule has 226 valence electrons. The molecule has 3 atom stereocenters. The summed E-state index contributed by atoms with van der Waals surface area (Å²) in [5.74, 6) is 0.605. The van der Waals surface area contributed by atoms with Crippen LogP contribution in [-0.4, -0.2) is 66.7 Å². The molecular weight excluding hydrogens is 554 g/mol. The summed E-state index contributed by atoms with van der Waals surface area (Å²) in [5, 5.41) is 13.7. The van der Waals surface area contributed by atoms with Crippen molar-refractivity contribution in [1.82, 2.24) is 25.2 Å². The second-order valence-corrected chi connectivity index (χ2v) is 14.2. The van der Waals surface area contributed by atoms with Gasteiger partial charge in [0.15, 0.2) is 11.3 Å². The van der Waals surface area contributed by atoms with Crippen LogP contribution in [-0.2, 0) is 9.59 Å². The molecule has 0 aromatic carbocycles. The number of nitrogens with one attached hydrogen (secondary N) is 2. The average Bonchev–Trinajstić information content (AvgIpc) is 3.81. The SMILES string of the molecule is O=C(NC(c1nc2nc([C@@H]3C[C@@](O)(C(F)F)CCN3C(=O)C34CC(F)(C3)C4)ccc2[nH]1)C(C1CC1)C1CC1)C1(F)CC1. The van der Waals surface area contributed by atoms with Crippen LogP contribution in [0, 0.1) is 23.2 Å². The van der Waals surface area contributed by atoms with Gasteiger partial charge in [-0.1, -0.05) is 0 Å². The van der Waals surface area contributed by atoms with E-state index >= 15 is 0 Å². The van der Waals surface area contributed by atoms with Gasteiger partial charge in [-0.2, -0.15) is 0 Å². The maximum absolute atomic E-state index is 14.7. The number of rotatable bonds is 9. The first kappa shape index (κ1) is 26.8. The number of likely N-dealkylation sites (tertiary alicyclic amines) is 1. The number of aromatic amines is 1. The third kappa shape index (κ3) is 4.17. The lowest BCUT2D eigenvalue weighted by Crippen LogP contribution is -2.71. The Morgan fingerprint density at radius 3 is 2.26 bits per heavy atom. The number of aliphatic hydroxyl groups is 1. The zero-order valence-corrected chi connectivity index (χ0v) is 23.2. The van der Waals surface area contributed by atoms with Crippen molar-refractivity contribution in [3.63, 3.8) is 0 Å². The molecule has 1 saturated heterocycles. The summed E-state index contributed by atoms with van der Waals surface area (Å²) in [5.41, 5.74) is -5.02. The van der Waals surface area contributed by atoms with Gasteiger partial charge in [-0.3, -0.25) is 9.59 Å². The highest BCUT2D eigenvalue weighted by Gasteiger charge is 2.74. The van der Waals surface area contributed by atoms with Crippen LogP contribution in [0.25, 0.3) is 11.2 Å². The highest BCUT2D eigenvalue weighted by molar-refractivity contribution is 5.88. The van der Waals surface area contributed by atoms with Crippen LogP contribution in [0.4, 0.5) is 17.6 Å². The summed E-state index contributed by atoms with van der Waals surface area (Å²) >= 11 is 0. The Labute approximate surface area is 240 Å². The maximum atomic E-state index is 14.7. The van der Waals surface area contributed by atoms with Crippen molar-refractivity contribution in [2.45, 2.75) is 106 Å². The van der Waals surface area contributed by atoms with Crippen molar-refractivity contribution in [3.05, 3.63) is 23.7 Å². The Bertz CT molecular complexity index is 1440. The lowest BCUT2D eigenvalue weighted by Gasteiger charge is -2.65. The Morgan fingerprint density at radius 1 is 1.02 bits per heavy atom. The normalized spacial score (nSPS) is 35.6. The van der Waals surface area contributed by atoms with Crippen molar-refractivity contribution in [2.75, 3.05) is 6.54 Å². The van der Waals surface area contributed by atoms with Crippen molar-refractivity contribution in [1.29, 1.82) is 0 Å². The number of fused-ring (bicyclic) bond motifs is 1. The number of carbonyl (C=O) groups is 2. The van der Waals surface area contributed by atoms with Crippen molar-refractivity contribution >= 4 is 23.0 Å². The molecule has 6 aliphatic carbocycles. The monoisotopic (exact) mass is 589 g/mol. The van der Waals surface area contributed by atoms with Gasteiger partial charge in [0, 0.05) is 13.0 Å². The lowest BCUT2D eigenvalue weighted by atomic mass is 9.41. The molecule has 9 rings (SSSR count). The summed E-state index contributed by atoms with van der Waals surface area (Å²) in [6, 6.07) is 1.92. The number of carbonyl (C=O) groups excluding carboxylic acids is 2. The standard InChI is InChI=1S/C30H35F4N5O3/c31-24(32)30(42)9-10-39(26(41)27-12-28(33,13-27)14-27)19(11-30)17-5-6-18-22(35-17)38-23(36-18)21(37-25(40)29(34)7-8-29)20(15-1-2-15)16-3-4-16/h5-6,15-16,19-21,24,42H,1-4,7-14H2,(H,37,40)(H,35,36,38)/t19-,21?,27?,28?,30+/m0/s1. The van der Waals surface area contributed by atoms with E-state index in [0.29, 0.717) is 34.5 Å². The highest BCUT2D eigenvalue weighted by atomic mass is 19.3. The topological polar surface area (TPSA) is 111 Å². The number of nitrogens with zero attached hydrogens (tertiary/aromatic N) is 3. The number of imidazole rings is 1. The van der Waals surface area contributed by atoms with Crippen LogP contribution in [0.15, 0.2) is 12.1 Å². The largest absolute Gasteiger partial charge is 0.384 e. The van der Waals surface area contributed by atoms with E-state index in [-0.39, 0.29) is 56.9 Å². The number of amides is 2. The molecule has 12 heteroatoms. The molecule has 1 unspecified atom stereocenters. The number of pyridine rings is 1. The Balaban J connectivity index is 1.12. The van der Waals surface area contributed by atoms with E-state index in [1.807, 2.05) is 0 Å². The summed E-state index contributed by atoms with van der Waals surface area (Å²) in [7, 11) is 0. The molecule has 2 amide bonds. The number of halogens is 4. The summed E-state index contributed by atoms with van der Waals surface area (Å²) in [4.78, 5) is 40.6. The predicted molar refractivity (Wildman–Crippen MR) is 142 cm³/mol. The van der Waals surface area contributed by atoms with Crippen molar-refractivity contribution in [2.24, 2.45) is 23.2 Å². The fourth-order valence-electron chi connectivity index (χ4n) is 8.02. The number of piperidine rings is 1. The van der Waals surface area contributed by atoms with Crippen LogP contribution in [0.5, 0.6) is 0 Å². The van der Waals surface area contributed by atoms with Crippen LogP contribution in [0.1, 0.15) is 94.2 Å². The molecule has 7 aliphatic rings. The molecule has 2 aromatic rings. The van der Waals surface area contributed by atoms with E-state index in [1.165, 1.54) is 4.90 Å². The first-order valence-electron chi connectivity index (χ1n) is 15.3. The van der Waals surface area contributed by atoms with Crippen molar-refractivity contribution < 1.29 is 32.3 Å². The second kappa shape index (κ2) is 8.66. The Hall–Kier alpha value is -2.76. The molecule has 3 heterocycles. The van der Waals surface area contributed by atoms with Gasteiger partial charge < -0.3 is 20.3 Å². The van der Waals surface area contributed by atoms with E-state index in [2.05, 4.69) is 15.3 Å². The minimum atomic E-state index is -3.00. The maximum Gasteiger partial charge on any atom is 0.266 e. The summed E-state index contributed by atoms with van der Waals surface area (Å²) in [6.07, 6.45) is 1.41. The third-order valence-electron chi connectivity index (χ3n) is 10.9. The molecule has 1 aliphatic heterocycles. The minimum absolute atomic E-state index is 0.0829. The predicted octanol–water partition coefficient (Wildman–Crippen LogP) is 4.61. The molecule has 2 bridgehead atoms. The molecule has 3 N–H and O–H groups in total. The van der Waals surface area contributed by atoms with Crippen LogP contribution < -0.4 is 5.32 Å². The van der Waals surface area contributed by atoms with E-state index in [4.69, 9.17) is 4.98 Å². The van der Waals surface area contributed by atoms with Gasteiger partial charge in [0.1, 0.15) is 17.1 Å².